The van der Waals surface area contributed by atoms with E-state index >= 15 is 0 Å². The summed E-state index contributed by atoms with van der Waals surface area (Å²) in [4.78, 5) is 38.0. The summed E-state index contributed by atoms with van der Waals surface area (Å²) in [5, 5.41) is 1.01. The number of carbonyl (C=O) groups is 3. The van der Waals surface area contributed by atoms with Crippen molar-refractivity contribution in [3.05, 3.63) is 34.3 Å². The monoisotopic (exact) mass is 388 g/mol. The summed E-state index contributed by atoms with van der Waals surface area (Å²) in [6.45, 7) is 0. The molecule has 2 bridgehead atoms. The Morgan fingerprint density at radius 1 is 0.958 bits per heavy atom. The van der Waals surface area contributed by atoms with E-state index in [1.807, 2.05) is 0 Å². The summed E-state index contributed by atoms with van der Waals surface area (Å²) in [5.74, 6) is 0.752. The summed E-state index contributed by atoms with van der Waals surface area (Å²) >= 11 is 3.32. The van der Waals surface area contributed by atoms with E-state index in [-0.39, 0.29) is 23.7 Å². The number of nitrogens with zero attached hydrogens (tertiary/aromatic N) is 1. The molecule has 6 heteroatoms. The topological polar surface area (TPSA) is 66.5 Å². The first-order valence-corrected chi connectivity index (χ1v) is 9.30. The van der Waals surface area contributed by atoms with Crippen molar-refractivity contribution in [3.8, 4) is 0 Å². The second-order valence-corrected chi connectivity index (χ2v) is 8.40. The normalized spacial score (nSPS) is 38.8. The zero-order chi connectivity index (χ0) is 16.6. The molecule has 1 aromatic rings. The van der Waals surface area contributed by atoms with Crippen molar-refractivity contribution in [2.24, 2.45) is 35.5 Å². The van der Waals surface area contributed by atoms with Gasteiger partial charge in [0.05, 0.1) is 11.8 Å². The molecule has 4 saturated carbocycles. The van der Waals surface area contributed by atoms with Gasteiger partial charge in [-0.1, -0.05) is 15.9 Å². The molecule has 1 saturated heterocycles. The summed E-state index contributed by atoms with van der Waals surface area (Å²) in [6, 6.07) is 6.85. The van der Waals surface area contributed by atoms with Gasteiger partial charge in [-0.05, 0) is 67.2 Å². The Bertz CT molecular complexity index is 728. The smallest absolute Gasteiger partial charge is 0.270 e. The lowest BCUT2D eigenvalue weighted by atomic mass is 9.59. The highest BCUT2D eigenvalue weighted by Crippen LogP contribution is 2.67. The predicted octanol–water partition coefficient (Wildman–Crippen LogP) is 2.37. The van der Waals surface area contributed by atoms with Crippen LogP contribution in [0.25, 0.3) is 0 Å². The van der Waals surface area contributed by atoms with Crippen molar-refractivity contribution in [1.29, 1.82) is 0 Å². The van der Waals surface area contributed by atoms with Crippen molar-refractivity contribution in [1.82, 2.24) is 10.4 Å². The van der Waals surface area contributed by atoms with E-state index < -0.39 is 5.91 Å². The molecule has 1 aromatic carbocycles. The number of carbonyl (C=O) groups excluding carboxylic acids is 3. The molecule has 5 aliphatic rings. The third-order valence-corrected chi connectivity index (χ3v) is 6.99. The number of hydrogen-bond acceptors (Lipinski definition) is 3. The first-order valence-electron chi connectivity index (χ1n) is 8.50. The third-order valence-electron chi connectivity index (χ3n) is 6.46. The molecule has 6 atom stereocenters. The molecule has 6 rings (SSSR count). The van der Waals surface area contributed by atoms with Crippen LogP contribution in [-0.2, 0) is 9.59 Å². The Hall–Kier alpha value is -1.69. The van der Waals surface area contributed by atoms with Gasteiger partial charge in [0.2, 0.25) is 0 Å². The fourth-order valence-electron chi connectivity index (χ4n) is 5.42. The largest absolute Gasteiger partial charge is 0.272 e. The summed E-state index contributed by atoms with van der Waals surface area (Å²) in [6.07, 6.45) is 3.30. The maximum absolute atomic E-state index is 12.8. The van der Waals surface area contributed by atoms with Crippen LogP contribution in [-0.4, -0.2) is 22.7 Å². The Kier molecular flexibility index (Phi) is 2.99. The van der Waals surface area contributed by atoms with E-state index in [1.165, 1.54) is 6.42 Å². The van der Waals surface area contributed by atoms with E-state index in [2.05, 4.69) is 21.4 Å². The summed E-state index contributed by atoms with van der Waals surface area (Å²) in [7, 11) is 0. The molecule has 24 heavy (non-hydrogen) atoms. The number of halogens is 1. The van der Waals surface area contributed by atoms with Gasteiger partial charge in [0, 0.05) is 10.0 Å². The Labute approximate surface area is 147 Å². The van der Waals surface area contributed by atoms with Crippen molar-refractivity contribution in [2.45, 2.75) is 19.3 Å². The highest BCUT2D eigenvalue weighted by molar-refractivity contribution is 9.10. The van der Waals surface area contributed by atoms with Gasteiger partial charge in [0.25, 0.3) is 17.7 Å². The third kappa shape index (κ3) is 1.89. The van der Waals surface area contributed by atoms with E-state index in [4.69, 9.17) is 0 Å². The van der Waals surface area contributed by atoms with E-state index in [9.17, 15) is 14.4 Å². The molecule has 1 aliphatic heterocycles. The number of nitrogens with one attached hydrogen (secondary N) is 1. The molecular formula is C18H17BrN2O3. The zero-order valence-electron chi connectivity index (χ0n) is 12.9. The minimum Gasteiger partial charge on any atom is -0.272 e. The van der Waals surface area contributed by atoms with Crippen LogP contribution < -0.4 is 5.43 Å². The standard InChI is InChI=1S/C18H17BrN2O3/c19-9-3-1-8(2-4-9)16(22)20-21-17(23)14-10-5-6-11(13-7-12(10)13)15(14)18(21)24/h1-4,10-15H,5-7H2,(H,20,22)/t10?,11?,12?,13?,14-,15+. The molecule has 5 nitrogen and oxygen atoms in total. The first kappa shape index (κ1) is 14.6. The Balaban J connectivity index is 1.40. The van der Waals surface area contributed by atoms with Gasteiger partial charge in [-0.15, -0.1) is 0 Å². The first-order chi connectivity index (χ1) is 11.6. The molecule has 1 N–H and O–H groups in total. The van der Waals surface area contributed by atoms with Crippen LogP contribution in [0.1, 0.15) is 29.6 Å². The average molecular weight is 389 g/mol. The van der Waals surface area contributed by atoms with Gasteiger partial charge in [-0.3, -0.25) is 19.8 Å². The second kappa shape index (κ2) is 4.91. The van der Waals surface area contributed by atoms with Gasteiger partial charge in [0.15, 0.2) is 0 Å². The summed E-state index contributed by atoms with van der Waals surface area (Å²) in [5.41, 5.74) is 2.98. The lowest BCUT2D eigenvalue weighted by molar-refractivity contribution is -0.143. The Morgan fingerprint density at radius 3 is 2.04 bits per heavy atom. The average Bonchev–Trinajstić information content (AvgIpc) is 3.36. The lowest BCUT2D eigenvalue weighted by Crippen LogP contribution is -2.46. The number of hydrogen-bond donors (Lipinski definition) is 1. The van der Waals surface area contributed by atoms with Gasteiger partial charge in [-0.2, -0.15) is 5.01 Å². The number of hydrazine groups is 1. The van der Waals surface area contributed by atoms with Crippen LogP contribution in [0.15, 0.2) is 28.7 Å². The van der Waals surface area contributed by atoms with Gasteiger partial charge < -0.3 is 0 Å². The van der Waals surface area contributed by atoms with Crippen molar-refractivity contribution >= 4 is 33.7 Å². The van der Waals surface area contributed by atoms with Crippen molar-refractivity contribution < 1.29 is 14.4 Å². The van der Waals surface area contributed by atoms with Gasteiger partial charge in [-0.25, -0.2) is 0 Å². The maximum atomic E-state index is 12.8. The molecule has 124 valence electrons. The Morgan fingerprint density at radius 2 is 1.50 bits per heavy atom. The highest BCUT2D eigenvalue weighted by Gasteiger charge is 2.68. The lowest BCUT2D eigenvalue weighted by Gasteiger charge is -2.42. The molecule has 0 aromatic heterocycles. The molecule has 0 radical (unpaired) electrons. The van der Waals surface area contributed by atoms with Gasteiger partial charge >= 0.3 is 0 Å². The van der Waals surface area contributed by atoms with Crippen LogP contribution in [0.5, 0.6) is 0 Å². The van der Waals surface area contributed by atoms with E-state index in [1.54, 1.807) is 24.3 Å². The van der Waals surface area contributed by atoms with Crippen LogP contribution in [0.2, 0.25) is 0 Å². The van der Waals surface area contributed by atoms with Crippen LogP contribution in [0.4, 0.5) is 0 Å². The molecular weight excluding hydrogens is 372 g/mol. The SMILES string of the molecule is O=C(NN1C(=O)[C@@H]2C3CCC(C4CC43)[C@@H]2C1=O)c1ccc(Br)cc1. The van der Waals surface area contributed by atoms with Crippen molar-refractivity contribution in [2.75, 3.05) is 0 Å². The number of benzene rings is 1. The van der Waals surface area contributed by atoms with Crippen molar-refractivity contribution in [3.63, 3.8) is 0 Å². The minimum atomic E-state index is -0.416. The van der Waals surface area contributed by atoms with Gasteiger partial charge in [0.1, 0.15) is 0 Å². The van der Waals surface area contributed by atoms with Crippen LogP contribution >= 0.6 is 15.9 Å². The number of amides is 3. The number of imide groups is 1. The molecule has 4 aliphatic carbocycles. The predicted molar refractivity (Wildman–Crippen MR) is 88.3 cm³/mol. The minimum absolute atomic E-state index is 0.199. The second-order valence-electron chi connectivity index (χ2n) is 7.48. The molecule has 3 amide bonds. The quantitative estimate of drug-likeness (QED) is 0.790. The number of fused-ring (bicyclic) bond motifs is 1. The van der Waals surface area contributed by atoms with E-state index in [0.717, 1.165) is 22.3 Å². The fraction of sp³-hybridized carbons (Fsp3) is 0.500. The molecule has 0 spiro atoms. The highest BCUT2D eigenvalue weighted by atomic mass is 79.9. The fourth-order valence-corrected chi connectivity index (χ4v) is 5.68. The molecule has 1 heterocycles. The van der Waals surface area contributed by atoms with Crippen LogP contribution in [0.3, 0.4) is 0 Å². The maximum Gasteiger partial charge on any atom is 0.270 e. The number of rotatable bonds is 2. The van der Waals surface area contributed by atoms with E-state index in [0.29, 0.717) is 29.2 Å². The zero-order valence-corrected chi connectivity index (χ0v) is 14.5. The molecule has 5 fully saturated rings. The van der Waals surface area contributed by atoms with Crippen LogP contribution in [0, 0.1) is 35.5 Å². The molecule has 4 unspecified atom stereocenters. The summed E-state index contributed by atoms with van der Waals surface area (Å²) < 4.78 is 0.870.